The normalized spacial score (nSPS) is 9.75. The Labute approximate surface area is 77.9 Å². The predicted octanol–water partition coefficient (Wildman–Crippen LogP) is 1.66. The molecule has 0 radical (unpaired) electrons. The first-order valence-electron chi connectivity index (χ1n) is 3.41. The summed E-state index contributed by atoms with van der Waals surface area (Å²) in [5, 5.41) is 10.0. The second-order valence-corrected chi connectivity index (χ2v) is 3.09. The van der Waals surface area contributed by atoms with Gasteiger partial charge in [-0.15, -0.1) is 0 Å². The van der Waals surface area contributed by atoms with E-state index in [9.17, 15) is 10.1 Å². The van der Waals surface area contributed by atoms with Crippen molar-refractivity contribution in [3.8, 4) is 0 Å². The van der Waals surface area contributed by atoms with Crippen LogP contribution in [-0.4, -0.2) is 16.5 Å². The molecule has 1 aromatic heterocycles. The van der Waals surface area contributed by atoms with Crippen LogP contribution in [0, 0.1) is 10.1 Å². The quantitative estimate of drug-likeness (QED) is 0.587. The molecule has 64 valence electrons. The van der Waals surface area contributed by atoms with Crippen LogP contribution in [-0.2, 0) is 6.42 Å². The van der Waals surface area contributed by atoms with E-state index < -0.39 is 0 Å². The molecule has 0 bridgehead atoms. The second-order valence-electron chi connectivity index (χ2n) is 2.24. The van der Waals surface area contributed by atoms with Crippen molar-refractivity contribution in [1.82, 2.24) is 4.98 Å². The van der Waals surface area contributed by atoms with Crippen LogP contribution in [0.4, 0.5) is 0 Å². The first-order valence-corrected chi connectivity index (χ1v) is 4.20. The summed E-state index contributed by atoms with van der Waals surface area (Å²) in [4.78, 5) is 13.7. The van der Waals surface area contributed by atoms with Gasteiger partial charge in [-0.3, -0.25) is 15.1 Å². The number of nitrogens with zero attached hydrogens (tertiary/aromatic N) is 2. The zero-order valence-corrected chi connectivity index (χ0v) is 7.82. The van der Waals surface area contributed by atoms with Crippen LogP contribution in [0.15, 0.2) is 22.8 Å². The fourth-order valence-corrected chi connectivity index (χ4v) is 1.25. The first kappa shape index (κ1) is 9.12. The molecule has 4 nitrogen and oxygen atoms in total. The molecule has 1 heterocycles. The maximum Gasteiger partial charge on any atom is 0.209 e. The Bertz CT molecular complexity index is 290. The molecule has 12 heavy (non-hydrogen) atoms. The van der Waals surface area contributed by atoms with Gasteiger partial charge in [-0.1, -0.05) is 0 Å². The van der Waals surface area contributed by atoms with Crippen molar-refractivity contribution in [1.29, 1.82) is 0 Å². The summed E-state index contributed by atoms with van der Waals surface area (Å²) in [5.74, 6) is 0. The summed E-state index contributed by atoms with van der Waals surface area (Å²) in [6.07, 6.45) is 1.99. The maximum atomic E-state index is 10.0. The van der Waals surface area contributed by atoms with E-state index in [1.165, 1.54) is 0 Å². The van der Waals surface area contributed by atoms with Crippen molar-refractivity contribution in [3.05, 3.63) is 38.6 Å². The van der Waals surface area contributed by atoms with Crippen molar-refractivity contribution in [2.24, 2.45) is 0 Å². The Kier molecular flexibility index (Phi) is 3.16. The molecule has 0 aliphatic rings. The van der Waals surface area contributed by atoms with Crippen LogP contribution < -0.4 is 0 Å². The fourth-order valence-electron chi connectivity index (χ4n) is 0.800. The number of pyridine rings is 1. The molecule has 0 unspecified atom stereocenters. The molecule has 0 spiro atoms. The molecule has 0 N–H and O–H groups in total. The summed E-state index contributed by atoms with van der Waals surface area (Å²) in [6, 6.07) is 3.60. The van der Waals surface area contributed by atoms with E-state index in [0.717, 1.165) is 10.2 Å². The minimum absolute atomic E-state index is 0.0738. The maximum absolute atomic E-state index is 10.0. The number of hydrogen-bond donors (Lipinski definition) is 0. The Hall–Kier alpha value is -0.970. The highest BCUT2D eigenvalue weighted by Gasteiger charge is 2.03. The van der Waals surface area contributed by atoms with Crippen molar-refractivity contribution in [2.45, 2.75) is 6.42 Å². The molecule has 0 aliphatic heterocycles. The number of rotatable bonds is 3. The number of halogens is 1. The number of aromatic nitrogens is 1. The second kappa shape index (κ2) is 4.15. The predicted molar refractivity (Wildman–Crippen MR) is 47.5 cm³/mol. The molecule has 1 aromatic rings. The van der Waals surface area contributed by atoms with Gasteiger partial charge in [0.15, 0.2) is 0 Å². The largest absolute Gasteiger partial charge is 0.265 e. The summed E-state index contributed by atoms with van der Waals surface area (Å²) in [6.45, 7) is -0.0738. The molecular weight excluding hydrogens is 224 g/mol. The highest BCUT2D eigenvalue weighted by molar-refractivity contribution is 9.10. The van der Waals surface area contributed by atoms with Crippen LogP contribution in [0.2, 0.25) is 0 Å². The van der Waals surface area contributed by atoms with Gasteiger partial charge in [-0.05, 0) is 28.1 Å². The van der Waals surface area contributed by atoms with Crippen molar-refractivity contribution >= 4 is 15.9 Å². The highest BCUT2D eigenvalue weighted by atomic mass is 79.9. The Morgan fingerprint density at radius 3 is 3.00 bits per heavy atom. The summed E-state index contributed by atoms with van der Waals surface area (Å²) < 4.78 is 0.826. The zero-order valence-electron chi connectivity index (χ0n) is 6.24. The standard InChI is InChI=1S/C7H7BrN2O2/c8-6-2-1-4-9-7(6)3-5-10(11)12/h1-2,4H,3,5H2. The lowest BCUT2D eigenvalue weighted by molar-refractivity contribution is -0.479. The van der Waals surface area contributed by atoms with Gasteiger partial charge in [0.05, 0.1) is 12.1 Å². The first-order chi connectivity index (χ1) is 5.70. The van der Waals surface area contributed by atoms with Gasteiger partial charge in [0.2, 0.25) is 6.54 Å². The molecular formula is C7H7BrN2O2. The van der Waals surface area contributed by atoms with Gasteiger partial charge in [0.1, 0.15) is 0 Å². The minimum atomic E-state index is -0.346. The van der Waals surface area contributed by atoms with Gasteiger partial charge in [-0.2, -0.15) is 0 Å². The Morgan fingerprint density at radius 1 is 1.67 bits per heavy atom. The molecule has 0 saturated carbocycles. The van der Waals surface area contributed by atoms with Crippen LogP contribution in [0.5, 0.6) is 0 Å². The fraction of sp³-hybridized carbons (Fsp3) is 0.286. The van der Waals surface area contributed by atoms with E-state index in [2.05, 4.69) is 20.9 Å². The molecule has 5 heteroatoms. The lowest BCUT2D eigenvalue weighted by Crippen LogP contribution is -2.05. The summed E-state index contributed by atoms with van der Waals surface area (Å²) in [7, 11) is 0. The van der Waals surface area contributed by atoms with E-state index in [-0.39, 0.29) is 11.5 Å². The Balaban J connectivity index is 2.63. The lowest BCUT2D eigenvalue weighted by Gasteiger charge is -1.97. The minimum Gasteiger partial charge on any atom is -0.265 e. The number of hydrogen-bond acceptors (Lipinski definition) is 3. The van der Waals surface area contributed by atoms with Crippen molar-refractivity contribution < 1.29 is 4.92 Å². The highest BCUT2D eigenvalue weighted by Crippen LogP contribution is 2.13. The third-order valence-electron chi connectivity index (χ3n) is 1.37. The van der Waals surface area contributed by atoms with Crippen molar-refractivity contribution in [3.63, 3.8) is 0 Å². The molecule has 0 aliphatic carbocycles. The van der Waals surface area contributed by atoms with Crippen LogP contribution in [0.3, 0.4) is 0 Å². The third-order valence-corrected chi connectivity index (χ3v) is 2.09. The molecule has 1 rings (SSSR count). The van der Waals surface area contributed by atoms with Crippen LogP contribution in [0.1, 0.15) is 5.69 Å². The van der Waals surface area contributed by atoms with Gasteiger partial charge in [0, 0.05) is 15.6 Å². The molecule has 0 aromatic carbocycles. The van der Waals surface area contributed by atoms with Gasteiger partial charge >= 0.3 is 0 Å². The summed E-state index contributed by atoms with van der Waals surface area (Å²) in [5.41, 5.74) is 0.731. The van der Waals surface area contributed by atoms with E-state index in [1.807, 2.05) is 6.07 Å². The Morgan fingerprint density at radius 2 is 2.42 bits per heavy atom. The van der Waals surface area contributed by atoms with E-state index in [0.29, 0.717) is 6.42 Å². The van der Waals surface area contributed by atoms with E-state index in [1.54, 1.807) is 12.3 Å². The van der Waals surface area contributed by atoms with E-state index in [4.69, 9.17) is 0 Å². The van der Waals surface area contributed by atoms with Gasteiger partial charge in [-0.25, -0.2) is 0 Å². The number of nitro groups is 1. The molecule has 0 amide bonds. The monoisotopic (exact) mass is 230 g/mol. The van der Waals surface area contributed by atoms with Crippen LogP contribution >= 0.6 is 15.9 Å². The molecule has 0 fully saturated rings. The lowest BCUT2D eigenvalue weighted by atomic mass is 10.3. The molecule has 0 saturated heterocycles. The van der Waals surface area contributed by atoms with Gasteiger partial charge in [0.25, 0.3) is 0 Å². The third kappa shape index (κ3) is 2.58. The smallest absolute Gasteiger partial charge is 0.209 e. The topological polar surface area (TPSA) is 56.0 Å². The zero-order chi connectivity index (χ0) is 8.97. The summed E-state index contributed by atoms with van der Waals surface area (Å²) >= 11 is 3.26. The SMILES string of the molecule is O=[N+]([O-])CCc1ncccc1Br. The van der Waals surface area contributed by atoms with E-state index >= 15 is 0 Å². The average molecular weight is 231 g/mol. The average Bonchev–Trinajstić information content (AvgIpc) is 2.03. The van der Waals surface area contributed by atoms with Gasteiger partial charge < -0.3 is 0 Å². The van der Waals surface area contributed by atoms with Crippen LogP contribution in [0.25, 0.3) is 0 Å². The molecule has 0 atom stereocenters. The van der Waals surface area contributed by atoms with Crippen molar-refractivity contribution in [2.75, 3.05) is 6.54 Å².